The van der Waals surface area contributed by atoms with Gasteiger partial charge in [-0.25, -0.2) is 13.6 Å². The lowest BCUT2D eigenvalue weighted by Gasteiger charge is -2.28. The largest absolute Gasteiger partial charge is 0.442 e. The van der Waals surface area contributed by atoms with Crippen molar-refractivity contribution in [3.63, 3.8) is 0 Å². The van der Waals surface area contributed by atoms with Crippen molar-refractivity contribution < 1.29 is 33.3 Å². The third-order valence-corrected chi connectivity index (χ3v) is 6.48. The molecule has 1 fully saturated rings. The van der Waals surface area contributed by atoms with E-state index in [0.717, 1.165) is 22.8 Å². The molecule has 0 saturated carbocycles. The summed E-state index contributed by atoms with van der Waals surface area (Å²) in [5.41, 5.74) is 1.10. The SMILES string of the molecule is Cc1cc(NC[C@H]2CN(c3cc(F)c(C4=CCN(C(=O)[C@@H](O)CO)CC4)c(F)c3)C(=O)O2)sn1. The molecule has 0 aliphatic carbocycles. The molecule has 4 rings (SSSR count). The summed E-state index contributed by atoms with van der Waals surface area (Å²) in [6, 6.07) is 4.05. The summed E-state index contributed by atoms with van der Waals surface area (Å²) in [7, 11) is 0. The maximum atomic E-state index is 15.0. The Morgan fingerprint density at radius 2 is 2.09 bits per heavy atom. The number of nitrogens with zero attached hydrogens (tertiary/aromatic N) is 3. The molecule has 9 nitrogen and oxygen atoms in total. The van der Waals surface area contributed by atoms with Crippen LogP contribution in [0.3, 0.4) is 0 Å². The zero-order valence-corrected chi connectivity index (χ0v) is 19.1. The Kier molecular flexibility index (Phi) is 7.10. The van der Waals surface area contributed by atoms with Crippen LogP contribution >= 0.6 is 11.5 Å². The molecule has 182 valence electrons. The van der Waals surface area contributed by atoms with Crippen LogP contribution in [-0.2, 0) is 9.53 Å². The Hall–Kier alpha value is -3.09. The number of aryl methyl sites for hydroxylation is 1. The van der Waals surface area contributed by atoms with E-state index in [-0.39, 0.29) is 37.3 Å². The number of aromatic nitrogens is 1. The van der Waals surface area contributed by atoms with Crippen LogP contribution in [0.25, 0.3) is 5.57 Å². The van der Waals surface area contributed by atoms with Gasteiger partial charge < -0.3 is 25.2 Å². The van der Waals surface area contributed by atoms with Crippen LogP contribution < -0.4 is 10.2 Å². The molecule has 0 unspecified atom stereocenters. The van der Waals surface area contributed by atoms with Crippen LogP contribution in [0, 0.1) is 18.6 Å². The number of cyclic esters (lactones) is 1. The van der Waals surface area contributed by atoms with Gasteiger partial charge in [-0.1, -0.05) is 6.08 Å². The van der Waals surface area contributed by atoms with Gasteiger partial charge in [-0.15, -0.1) is 0 Å². The number of anilines is 2. The van der Waals surface area contributed by atoms with Gasteiger partial charge in [-0.3, -0.25) is 9.69 Å². The predicted molar refractivity (Wildman–Crippen MR) is 122 cm³/mol. The van der Waals surface area contributed by atoms with Gasteiger partial charge in [0.2, 0.25) is 0 Å². The number of halogens is 2. The molecule has 2 aromatic rings. The van der Waals surface area contributed by atoms with Gasteiger partial charge in [0, 0.05) is 18.7 Å². The number of hydrogen-bond acceptors (Lipinski definition) is 8. The van der Waals surface area contributed by atoms with E-state index in [1.165, 1.54) is 27.4 Å². The third kappa shape index (κ3) is 5.03. The van der Waals surface area contributed by atoms with E-state index in [0.29, 0.717) is 12.1 Å². The molecule has 3 N–H and O–H groups in total. The molecule has 0 bridgehead atoms. The number of hydrogen-bond donors (Lipinski definition) is 3. The highest BCUT2D eigenvalue weighted by atomic mass is 32.1. The first-order chi connectivity index (χ1) is 16.3. The van der Waals surface area contributed by atoms with Crippen molar-refractivity contribution in [2.75, 3.05) is 43.0 Å². The number of aliphatic hydroxyl groups is 2. The maximum Gasteiger partial charge on any atom is 0.414 e. The highest BCUT2D eigenvalue weighted by molar-refractivity contribution is 7.10. The fourth-order valence-electron chi connectivity index (χ4n) is 3.91. The second kappa shape index (κ2) is 10.0. The normalized spacial score (nSPS) is 19.1. The number of benzene rings is 1. The molecule has 2 atom stereocenters. The number of nitrogens with one attached hydrogen (secondary N) is 1. The number of aliphatic hydroxyl groups excluding tert-OH is 2. The molecular formula is C22H24F2N4O5S. The van der Waals surface area contributed by atoms with Crippen LogP contribution in [0.2, 0.25) is 0 Å². The molecule has 0 radical (unpaired) electrons. The van der Waals surface area contributed by atoms with E-state index in [1.54, 1.807) is 0 Å². The molecule has 1 aromatic carbocycles. The minimum Gasteiger partial charge on any atom is -0.442 e. The summed E-state index contributed by atoms with van der Waals surface area (Å²) < 4.78 is 39.4. The van der Waals surface area contributed by atoms with E-state index in [9.17, 15) is 23.5 Å². The monoisotopic (exact) mass is 494 g/mol. The number of carbonyl (C=O) groups is 2. The second-order valence-electron chi connectivity index (χ2n) is 8.08. The number of carbonyl (C=O) groups excluding carboxylic acids is 2. The predicted octanol–water partition coefficient (Wildman–Crippen LogP) is 2.14. The molecule has 2 aliphatic rings. The summed E-state index contributed by atoms with van der Waals surface area (Å²) in [5, 5.41) is 22.4. The van der Waals surface area contributed by atoms with Gasteiger partial charge >= 0.3 is 6.09 Å². The summed E-state index contributed by atoms with van der Waals surface area (Å²) >= 11 is 1.29. The Morgan fingerprint density at radius 1 is 1.35 bits per heavy atom. The van der Waals surface area contributed by atoms with Crippen molar-refractivity contribution >= 4 is 39.8 Å². The van der Waals surface area contributed by atoms with Crippen LogP contribution in [0.4, 0.5) is 24.3 Å². The standard InChI is InChI=1S/C22H24F2N4O5S/c1-12-6-19(34-26-12)25-9-15-10-28(22(32)33-15)14-7-16(23)20(17(24)8-14)13-2-4-27(5-3-13)21(31)18(30)11-29/h2,6-8,15,18,25,29-30H,3-5,9-11H2,1H3/t15-,18-/m0/s1. The summed E-state index contributed by atoms with van der Waals surface area (Å²) in [6.45, 7) is 1.84. The smallest absolute Gasteiger partial charge is 0.414 e. The molecule has 1 aromatic heterocycles. The molecule has 0 spiro atoms. The molecule has 2 aliphatic heterocycles. The van der Waals surface area contributed by atoms with Crippen LogP contribution in [0.15, 0.2) is 24.3 Å². The summed E-state index contributed by atoms with van der Waals surface area (Å²) in [5.74, 6) is -2.30. The van der Waals surface area contributed by atoms with E-state index in [4.69, 9.17) is 9.84 Å². The first-order valence-corrected chi connectivity index (χ1v) is 11.5. The van der Waals surface area contributed by atoms with E-state index >= 15 is 0 Å². The molecule has 34 heavy (non-hydrogen) atoms. The number of ether oxygens (including phenoxy) is 1. The number of amides is 2. The second-order valence-corrected chi connectivity index (χ2v) is 8.88. The van der Waals surface area contributed by atoms with Crippen LogP contribution in [0.5, 0.6) is 0 Å². The Bertz CT molecular complexity index is 1100. The Labute approximate surface area is 198 Å². The quantitative estimate of drug-likeness (QED) is 0.540. The van der Waals surface area contributed by atoms with Gasteiger partial charge in [-0.05, 0) is 48.6 Å². The zero-order valence-electron chi connectivity index (χ0n) is 18.3. The van der Waals surface area contributed by atoms with Crippen molar-refractivity contribution in [3.05, 3.63) is 47.2 Å². The van der Waals surface area contributed by atoms with Crippen molar-refractivity contribution in [2.45, 2.75) is 25.6 Å². The minimum atomic E-state index is -1.52. The molecule has 1 saturated heterocycles. The van der Waals surface area contributed by atoms with E-state index < -0.39 is 42.4 Å². The average molecular weight is 495 g/mol. The topological polar surface area (TPSA) is 115 Å². The fraction of sp³-hybridized carbons (Fsp3) is 0.409. The fourth-order valence-corrected chi connectivity index (χ4v) is 4.57. The first kappa shape index (κ1) is 24.0. The van der Waals surface area contributed by atoms with E-state index in [2.05, 4.69) is 9.69 Å². The minimum absolute atomic E-state index is 0.0538. The first-order valence-electron chi connectivity index (χ1n) is 10.7. The third-order valence-electron chi connectivity index (χ3n) is 5.64. The number of rotatable bonds is 7. The maximum absolute atomic E-state index is 15.0. The Balaban J connectivity index is 1.44. The van der Waals surface area contributed by atoms with Gasteiger partial charge in [-0.2, -0.15) is 4.37 Å². The van der Waals surface area contributed by atoms with Crippen molar-refractivity contribution in [3.8, 4) is 0 Å². The van der Waals surface area contributed by atoms with Gasteiger partial charge in [0.1, 0.15) is 22.7 Å². The average Bonchev–Trinajstić information content (AvgIpc) is 3.41. The molecule has 3 heterocycles. The van der Waals surface area contributed by atoms with Crippen LogP contribution in [0.1, 0.15) is 17.7 Å². The van der Waals surface area contributed by atoms with E-state index in [1.807, 2.05) is 13.0 Å². The van der Waals surface area contributed by atoms with Gasteiger partial charge in [0.25, 0.3) is 5.91 Å². The van der Waals surface area contributed by atoms with Crippen molar-refractivity contribution in [1.82, 2.24) is 9.27 Å². The lowest BCUT2D eigenvalue weighted by Crippen LogP contribution is -2.42. The van der Waals surface area contributed by atoms with Crippen molar-refractivity contribution in [2.24, 2.45) is 0 Å². The molecular weight excluding hydrogens is 470 g/mol. The highest BCUT2D eigenvalue weighted by Crippen LogP contribution is 2.32. The highest BCUT2D eigenvalue weighted by Gasteiger charge is 2.34. The molecule has 12 heteroatoms. The summed E-state index contributed by atoms with van der Waals surface area (Å²) in [6.07, 6.45) is -1.02. The Morgan fingerprint density at radius 3 is 2.68 bits per heavy atom. The lowest BCUT2D eigenvalue weighted by atomic mass is 9.97. The lowest BCUT2D eigenvalue weighted by molar-refractivity contribution is -0.141. The van der Waals surface area contributed by atoms with Crippen molar-refractivity contribution in [1.29, 1.82) is 0 Å². The summed E-state index contributed by atoms with van der Waals surface area (Å²) in [4.78, 5) is 26.8. The van der Waals surface area contributed by atoms with Gasteiger partial charge in [0.05, 0.1) is 31.1 Å². The van der Waals surface area contributed by atoms with Gasteiger partial charge in [0.15, 0.2) is 6.10 Å². The zero-order chi connectivity index (χ0) is 24.4. The van der Waals surface area contributed by atoms with Crippen LogP contribution in [-0.4, -0.2) is 76.5 Å². The molecule has 2 amide bonds.